The average molecular weight is 297 g/mol. The number of hydrogen-bond acceptors (Lipinski definition) is 4. The Labute approximate surface area is 118 Å². The van der Waals surface area contributed by atoms with Gasteiger partial charge in [0.1, 0.15) is 5.60 Å². The molecule has 0 unspecified atom stereocenters. The third kappa shape index (κ3) is 3.37. The molecule has 1 aliphatic rings. The van der Waals surface area contributed by atoms with Gasteiger partial charge in [-0.25, -0.2) is 8.42 Å². The van der Waals surface area contributed by atoms with Crippen molar-refractivity contribution < 1.29 is 18.3 Å². The predicted molar refractivity (Wildman–Crippen MR) is 74.8 cm³/mol. The Hall–Kier alpha value is -1.40. The topological polar surface area (TPSA) is 83.5 Å². The van der Waals surface area contributed by atoms with Gasteiger partial charge in [0.2, 0.25) is 0 Å². The zero-order valence-electron chi connectivity index (χ0n) is 11.4. The van der Waals surface area contributed by atoms with Crippen LogP contribution in [0.5, 0.6) is 0 Å². The number of carbonyl (C=O) groups is 1. The SMILES string of the molecule is CS(=O)(=O)c1ccc(CNC(=O)C2(O)CCCC2)cc1. The molecular weight excluding hydrogens is 278 g/mol. The Morgan fingerprint density at radius 3 is 2.30 bits per heavy atom. The van der Waals surface area contributed by atoms with Crippen molar-refractivity contribution in [3.8, 4) is 0 Å². The number of benzene rings is 1. The van der Waals surface area contributed by atoms with Crippen LogP contribution in [-0.2, 0) is 21.2 Å². The van der Waals surface area contributed by atoms with Crippen molar-refractivity contribution in [2.75, 3.05) is 6.26 Å². The van der Waals surface area contributed by atoms with E-state index in [9.17, 15) is 18.3 Å². The van der Waals surface area contributed by atoms with Crippen molar-refractivity contribution in [1.82, 2.24) is 5.32 Å². The van der Waals surface area contributed by atoms with Crippen molar-refractivity contribution in [3.05, 3.63) is 29.8 Å². The Morgan fingerprint density at radius 2 is 1.80 bits per heavy atom. The fourth-order valence-electron chi connectivity index (χ4n) is 2.39. The fraction of sp³-hybridized carbons (Fsp3) is 0.500. The van der Waals surface area contributed by atoms with Crippen molar-refractivity contribution >= 4 is 15.7 Å². The molecule has 2 N–H and O–H groups in total. The maximum atomic E-state index is 11.9. The highest BCUT2D eigenvalue weighted by Gasteiger charge is 2.38. The highest BCUT2D eigenvalue weighted by atomic mass is 32.2. The lowest BCUT2D eigenvalue weighted by molar-refractivity contribution is -0.139. The molecule has 0 atom stereocenters. The first-order chi connectivity index (χ1) is 9.31. The summed E-state index contributed by atoms with van der Waals surface area (Å²) in [6.07, 6.45) is 3.90. The van der Waals surface area contributed by atoms with Crippen molar-refractivity contribution in [1.29, 1.82) is 0 Å². The van der Waals surface area contributed by atoms with Gasteiger partial charge in [-0.3, -0.25) is 4.79 Å². The maximum absolute atomic E-state index is 11.9. The van der Waals surface area contributed by atoms with Gasteiger partial charge in [-0.2, -0.15) is 0 Å². The molecule has 1 amide bonds. The molecule has 1 aliphatic carbocycles. The monoisotopic (exact) mass is 297 g/mol. The smallest absolute Gasteiger partial charge is 0.252 e. The molecule has 0 aromatic heterocycles. The fourth-order valence-corrected chi connectivity index (χ4v) is 3.02. The van der Waals surface area contributed by atoms with E-state index in [1.807, 2.05) is 0 Å². The zero-order chi connectivity index (χ0) is 14.8. The molecule has 5 nitrogen and oxygen atoms in total. The van der Waals surface area contributed by atoms with Gasteiger partial charge < -0.3 is 10.4 Å². The summed E-state index contributed by atoms with van der Waals surface area (Å²) in [5.41, 5.74) is -0.431. The van der Waals surface area contributed by atoms with Crippen LogP contribution < -0.4 is 5.32 Å². The number of carbonyl (C=O) groups excluding carboxylic acids is 1. The summed E-state index contributed by atoms with van der Waals surface area (Å²) in [4.78, 5) is 12.2. The van der Waals surface area contributed by atoms with E-state index >= 15 is 0 Å². The minimum absolute atomic E-state index is 0.252. The van der Waals surface area contributed by atoms with Gasteiger partial charge in [-0.05, 0) is 43.4 Å². The van der Waals surface area contributed by atoms with E-state index in [2.05, 4.69) is 5.32 Å². The number of sulfone groups is 1. The van der Waals surface area contributed by atoms with Gasteiger partial charge in [0.05, 0.1) is 4.90 Å². The number of amides is 1. The molecule has 0 heterocycles. The highest BCUT2D eigenvalue weighted by molar-refractivity contribution is 7.90. The number of aliphatic hydroxyl groups is 1. The summed E-state index contributed by atoms with van der Waals surface area (Å²) >= 11 is 0. The second kappa shape index (κ2) is 5.54. The molecule has 0 spiro atoms. The average Bonchev–Trinajstić information content (AvgIpc) is 2.84. The van der Waals surface area contributed by atoms with E-state index in [4.69, 9.17) is 0 Å². The van der Waals surface area contributed by atoms with Crippen molar-refractivity contribution in [2.45, 2.75) is 42.7 Å². The van der Waals surface area contributed by atoms with Crippen LogP contribution in [0.3, 0.4) is 0 Å². The van der Waals surface area contributed by atoms with Crippen LogP contribution in [0.15, 0.2) is 29.2 Å². The lowest BCUT2D eigenvalue weighted by atomic mass is 10.0. The Balaban J connectivity index is 1.96. The van der Waals surface area contributed by atoms with Crippen LogP contribution in [0, 0.1) is 0 Å². The van der Waals surface area contributed by atoms with Crippen LogP contribution in [0.25, 0.3) is 0 Å². The molecule has 20 heavy (non-hydrogen) atoms. The first kappa shape index (κ1) is 15.0. The van der Waals surface area contributed by atoms with Crippen LogP contribution >= 0.6 is 0 Å². The maximum Gasteiger partial charge on any atom is 0.252 e. The number of nitrogens with one attached hydrogen (secondary N) is 1. The summed E-state index contributed by atoms with van der Waals surface area (Å²) in [7, 11) is -3.20. The minimum Gasteiger partial charge on any atom is -0.380 e. The Morgan fingerprint density at radius 1 is 1.25 bits per heavy atom. The van der Waals surface area contributed by atoms with Gasteiger partial charge >= 0.3 is 0 Å². The van der Waals surface area contributed by atoms with E-state index in [0.717, 1.165) is 24.7 Å². The molecule has 0 saturated heterocycles. The van der Waals surface area contributed by atoms with Gasteiger partial charge in [-0.15, -0.1) is 0 Å². The lowest BCUT2D eigenvalue weighted by Crippen LogP contribution is -2.44. The summed E-state index contributed by atoms with van der Waals surface area (Å²) in [5.74, 6) is -0.345. The highest BCUT2D eigenvalue weighted by Crippen LogP contribution is 2.29. The third-order valence-electron chi connectivity index (χ3n) is 3.66. The lowest BCUT2D eigenvalue weighted by Gasteiger charge is -2.20. The second-order valence-corrected chi connectivity index (χ2v) is 7.35. The van der Waals surface area contributed by atoms with Crippen LogP contribution in [-0.4, -0.2) is 31.3 Å². The first-order valence-corrected chi connectivity index (χ1v) is 8.50. The summed E-state index contributed by atoms with van der Waals surface area (Å²) in [6, 6.07) is 6.35. The third-order valence-corrected chi connectivity index (χ3v) is 4.79. The standard InChI is InChI=1S/C14H19NO4S/c1-20(18,19)12-6-4-11(5-7-12)10-15-13(16)14(17)8-2-3-9-14/h4-7,17H,2-3,8-10H2,1H3,(H,15,16). The largest absolute Gasteiger partial charge is 0.380 e. The molecular formula is C14H19NO4S. The van der Waals surface area contributed by atoms with E-state index < -0.39 is 15.4 Å². The molecule has 1 saturated carbocycles. The number of rotatable bonds is 4. The minimum atomic E-state index is -3.20. The van der Waals surface area contributed by atoms with Gasteiger partial charge in [0.25, 0.3) is 5.91 Å². The Kier molecular flexibility index (Phi) is 4.15. The second-order valence-electron chi connectivity index (χ2n) is 5.34. The molecule has 1 fully saturated rings. The summed E-state index contributed by atoms with van der Waals surface area (Å²) in [6.45, 7) is 0.283. The predicted octanol–water partition coefficient (Wildman–Crippen LogP) is 1.01. The summed E-state index contributed by atoms with van der Waals surface area (Å²) in [5, 5.41) is 12.8. The normalized spacial score (nSPS) is 17.9. The van der Waals surface area contributed by atoms with Gasteiger partial charge in [0, 0.05) is 12.8 Å². The van der Waals surface area contributed by atoms with E-state index in [0.29, 0.717) is 12.8 Å². The molecule has 1 aromatic rings. The summed E-state index contributed by atoms with van der Waals surface area (Å²) < 4.78 is 22.6. The molecule has 0 aliphatic heterocycles. The quantitative estimate of drug-likeness (QED) is 0.869. The number of hydrogen-bond donors (Lipinski definition) is 2. The van der Waals surface area contributed by atoms with Crippen LogP contribution in [0.2, 0.25) is 0 Å². The molecule has 0 bridgehead atoms. The van der Waals surface area contributed by atoms with Gasteiger partial charge in [-0.1, -0.05) is 12.1 Å². The van der Waals surface area contributed by atoms with Crippen LogP contribution in [0.4, 0.5) is 0 Å². The van der Waals surface area contributed by atoms with Gasteiger partial charge in [0.15, 0.2) is 9.84 Å². The molecule has 0 radical (unpaired) electrons. The van der Waals surface area contributed by atoms with Crippen molar-refractivity contribution in [3.63, 3.8) is 0 Å². The molecule has 1 aromatic carbocycles. The first-order valence-electron chi connectivity index (χ1n) is 6.61. The molecule has 110 valence electrons. The van der Waals surface area contributed by atoms with E-state index in [-0.39, 0.29) is 17.3 Å². The van der Waals surface area contributed by atoms with E-state index in [1.165, 1.54) is 12.1 Å². The molecule has 6 heteroatoms. The Bertz CT molecular complexity index is 586. The van der Waals surface area contributed by atoms with Crippen molar-refractivity contribution in [2.24, 2.45) is 0 Å². The van der Waals surface area contributed by atoms with E-state index in [1.54, 1.807) is 12.1 Å². The molecule has 2 rings (SSSR count). The zero-order valence-corrected chi connectivity index (χ0v) is 12.2. The van der Waals surface area contributed by atoms with Crippen LogP contribution in [0.1, 0.15) is 31.2 Å².